The number of hydrogen-bond acceptors (Lipinski definition) is 4. The van der Waals surface area contributed by atoms with Crippen molar-refractivity contribution in [3.63, 3.8) is 0 Å². The van der Waals surface area contributed by atoms with E-state index in [9.17, 15) is 4.57 Å². The van der Waals surface area contributed by atoms with E-state index in [-0.39, 0.29) is 23.1 Å². The fourth-order valence-electron chi connectivity index (χ4n) is 2.97. The molecule has 0 aromatic heterocycles. The summed E-state index contributed by atoms with van der Waals surface area (Å²) < 4.78 is 52.6. The molecular weight excluding hydrogens is 505 g/mol. The van der Waals surface area contributed by atoms with E-state index in [4.69, 9.17) is 9.05 Å². The third-order valence-corrected chi connectivity index (χ3v) is 8.51. The zero-order valence-corrected chi connectivity index (χ0v) is 21.9. The van der Waals surface area contributed by atoms with Crippen LogP contribution in [0.5, 0.6) is 0 Å². The Morgan fingerprint density at radius 3 is 1.94 bits per heavy atom. The van der Waals surface area contributed by atoms with E-state index in [1.165, 1.54) is 31.0 Å². The van der Waals surface area contributed by atoms with Crippen molar-refractivity contribution in [3.8, 4) is 0 Å². The maximum Gasteiger partial charge on any atom is 0.404 e. The van der Waals surface area contributed by atoms with E-state index in [2.05, 4.69) is 61.0 Å². The second-order valence-electron chi connectivity index (χ2n) is 8.13. The molecule has 0 aliphatic carbocycles. The van der Waals surface area contributed by atoms with Crippen LogP contribution in [0.3, 0.4) is 0 Å². The monoisotopic (exact) mass is 534 g/mol. The molecule has 0 aliphatic heterocycles. The molecular formula is C23H30BrF2O3PS. The highest BCUT2D eigenvalue weighted by atomic mass is 79.9. The first-order chi connectivity index (χ1) is 14.4. The topological polar surface area (TPSA) is 35.5 Å². The molecule has 0 unspecified atom stereocenters. The van der Waals surface area contributed by atoms with Gasteiger partial charge in [0.2, 0.25) is 0 Å². The van der Waals surface area contributed by atoms with Crippen molar-refractivity contribution in [1.82, 2.24) is 0 Å². The minimum absolute atomic E-state index is 0.121. The largest absolute Gasteiger partial charge is 0.404 e. The van der Waals surface area contributed by atoms with Gasteiger partial charge >= 0.3 is 13.3 Å². The van der Waals surface area contributed by atoms with Gasteiger partial charge in [0.05, 0.1) is 13.2 Å². The minimum atomic E-state index is -4.63. The van der Waals surface area contributed by atoms with Crippen LogP contribution in [0, 0.1) is 0 Å². The normalized spacial score (nSPS) is 12.9. The van der Waals surface area contributed by atoms with Crippen molar-refractivity contribution in [3.05, 3.63) is 69.2 Å². The Bertz CT molecular complexity index is 904. The Hall–Kier alpha value is -0.720. The Balaban J connectivity index is 2.08. The summed E-state index contributed by atoms with van der Waals surface area (Å²) in [6.07, 6.45) is 0. The third-order valence-electron chi connectivity index (χ3n) is 4.66. The lowest BCUT2D eigenvalue weighted by atomic mass is 9.87. The molecule has 31 heavy (non-hydrogen) atoms. The second kappa shape index (κ2) is 10.9. The van der Waals surface area contributed by atoms with Crippen LogP contribution in [0.15, 0.2) is 46.9 Å². The van der Waals surface area contributed by atoms with Crippen molar-refractivity contribution in [1.29, 1.82) is 0 Å². The molecule has 0 saturated carbocycles. The highest BCUT2D eigenvalue weighted by molar-refractivity contribution is 9.10. The first kappa shape index (κ1) is 26.5. The number of halogens is 3. The zero-order valence-electron chi connectivity index (χ0n) is 18.6. The molecule has 2 aromatic carbocycles. The fraction of sp³-hybridized carbons (Fsp3) is 0.478. The molecule has 0 fully saturated rings. The summed E-state index contributed by atoms with van der Waals surface area (Å²) >= 11 is 4.92. The van der Waals surface area contributed by atoms with E-state index in [0.29, 0.717) is 5.75 Å². The number of alkyl halides is 2. The van der Waals surface area contributed by atoms with Gasteiger partial charge in [-0.2, -0.15) is 20.5 Å². The van der Waals surface area contributed by atoms with E-state index in [0.717, 1.165) is 11.3 Å². The van der Waals surface area contributed by atoms with Crippen LogP contribution in [0.25, 0.3) is 0 Å². The molecule has 0 bridgehead atoms. The lowest BCUT2D eigenvalue weighted by Gasteiger charge is -2.26. The summed E-state index contributed by atoms with van der Waals surface area (Å²) in [5.41, 5.74) is -0.628. The Morgan fingerprint density at radius 1 is 0.935 bits per heavy atom. The molecule has 0 heterocycles. The molecule has 0 spiro atoms. The molecule has 0 radical (unpaired) electrons. The van der Waals surface area contributed by atoms with Gasteiger partial charge in [0, 0.05) is 21.5 Å². The summed E-state index contributed by atoms with van der Waals surface area (Å²) in [7, 11) is -4.63. The third kappa shape index (κ3) is 6.64. The van der Waals surface area contributed by atoms with Crippen molar-refractivity contribution in [2.45, 2.75) is 57.2 Å². The highest BCUT2D eigenvalue weighted by Crippen LogP contribution is 2.67. The molecule has 3 nitrogen and oxygen atoms in total. The lowest BCUT2D eigenvalue weighted by Crippen LogP contribution is -2.19. The summed E-state index contributed by atoms with van der Waals surface area (Å²) in [4.78, 5) is 0. The second-order valence-corrected chi connectivity index (χ2v) is 12.0. The van der Waals surface area contributed by atoms with Crippen LogP contribution in [0.2, 0.25) is 0 Å². The Morgan fingerprint density at radius 2 is 1.45 bits per heavy atom. The first-order valence-electron chi connectivity index (χ1n) is 10.2. The van der Waals surface area contributed by atoms with Crippen LogP contribution >= 0.6 is 35.3 Å². The minimum Gasteiger partial charge on any atom is -0.304 e. The van der Waals surface area contributed by atoms with Gasteiger partial charge in [-0.1, -0.05) is 73.1 Å². The van der Waals surface area contributed by atoms with Crippen LogP contribution < -0.4 is 0 Å². The molecule has 2 aromatic rings. The fourth-order valence-corrected chi connectivity index (χ4v) is 6.31. The van der Waals surface area contributed by atoms with E-state index < -0.39 is 18.8 Å². The average Bonchev–Trinajstić information content (AvgIpc) is 2.68. The van der Waals surface area contributed by atoms with Crippen LogP contribution in [-0.2, 0) is 36.2 Å². The molecule has 0 N–H and O–H groups in total. The zero-order chi connectivity index (χ0) is 23.3. The predicted octanol–water partition coefficient (Wildman–Crippen LogP) is 8.50. The molecule has 0 amide bonds. The first-order valence-corrected chi connectivity index (χ1v) is 13.7. The maximum absolute atomic E-state index is 15.0. The van der Waals surface area contributed by atoms with Gasteiger partial charge in [0.25, 0.3) is 0 Å². The molecule has 2 rings (SSSR count). The predicted molar refractivity (Wildman–Crippen MR) is 129 cm³/mol. The van der Waals surface area contributed by atoms with Crippen molar-refractivity contribution in [2.75, 3.05) is 13.2 Å². The quantitative estimate of drug-likeness (QED) is 0.286. The van der Waals surface area contributed by atoms with Gasteiger partial charge in [-0.15, -0.1) is 0 Å². The van der Waals surface area contributed by atoms with E-state index >= 15 is 8.78 Å². The van der Waals surface area contributed by atoms with Crippen molar-refractivity contribution in [2.24, 2.45) is 0 Å². The standard InChI is InChI=1S/C23H30BrF2O3PS/c1-6-28-30(27,29-7-2)23(25,26)20-13-10-18(14-21(20)24)16-31-15-17-8-11-19(12-9-17)22(3,4)5/h8-14H,6-7,15-16H2,1-5H3. The van der Waals surface area contributed by atoms with Gasteiger partial charge in [0.1, 0.15) is 0 Å². The van der Waals surface area contributed by atoms with Crippen molar-refractivity contribution < 1.29 is 22.4 Å². The van der Waals surface area contributed by atoms with Gasteiger partial charge in [-0.05, 0) is 42.0 Å². The van der Waals surface area contributed by atoms with Crippen LogP contribution in [-0.4, -0.2) is 13.2 Å². The number of hydrogen-bond donors (Lipinski definition) is 0. The summed E-state index contributed by atoms with van der Waals surface area (Å²) in [5, 5.41) is 0. The number of thioether (sulfide) groups is 1. The molecule has 0 atom stereocenters. The number of rotatable bonds is 10. The number of benzene rings is 2. The van der Waals surface area contributed by atoms with Gasteiger partial charge < -0.3 is 9.05 Å². The summed E-state index contributed by atoms with van der Waals surface area (Å²) in [6, 6.07) is 13.1. The van der Waals surface area contributed by atoms with Crippen LogP contribution in [0.4, 0.5) is 8.78 Å². The smallest absolute Gasteiger partial charge is 0.304 e. The van der Waals surface area contributed by atoms with E-state index in [1.807, 2.05) is 0 Å². The average molecular weight is 535 g/mol. The van der Waals surface area contributed by atoms with E-state index in [1.54, 1.807) is 23.9 Å². The van der Waals surface area contributed by atoms with Gasteiger partial charge in [-0.25, -0.2) is 0 Å². The SMILES string of the molecule is CCOP(=O)(OCC)C(F)(F)c1ccc(CSCc2ccc(C(C)(C)C)cc2)cc1Br. The molecule has 0 aliphatic rings. The maximum atomic E-state index is 15.0. The van der Waals surface area contributed by atoms with Gasteiger partial charge in [-0.3, -0.25) is 4.57 Å². The lowest BCUT2D eigenvalue weighted by molar-refractivity contribution is 0.0354. The molecule has 172 valence electrons. The van der Waals surface area contributed by atoms with Gasteiger partial charge in [0.15, 0.2) is 0 Å². The summed E-state index contributed by atoms with van der Waals surface area (Å²) in [5.74, 6) is 1.49. The highest BCUT2D eigenvalue weighted by Gasteiger charge is 2.55. The Labute approximate surface area is 197 Å². The molecule has 0 saturated heterocycles. The van der Waals surface area contributed by atoms with Crippen LogP contribution in [0.1, 0.15) is 56.9 Å². The van der Waals surface area contributed by atoms with Crippen molar-refractivity contribution >= 4 is 35.3 Å². The Kier molecular flexibility index (Phi) is 9.36. The molecule has 8 heteroatoms. The summed E-state index contributed by atoms with van der Waals surface area (Å²) in [6.45, 7) is 9.31.